The molecule has 1 saturated heterocycles. The summed E-state index contributed by atoms with van der Waals surface area (Å²) in [6.45, 7) is 0. The predicted molar refractivity (Wildman–Crippen MR) is 91.3 cm³/mol. The van der Waals surface area contributed by atoms with Crippen LogP contribution < -0.4 is 11.5 Å². The van der Waals surface area contributed by atoms with Crippen LogP contribution in [0.2, 0.25) is 10.6 Å². The summed E-state index contributed by atoms with van der Waals surface area (Å²) in [5.41, 5.74) is 12.0. The van der Waals surface area contributed by atoms with Gasteiger partial charge in [-0.1, -0.05) is 0 Å². The van der Waals surface area contributed by atoms with Crippen LogP contribution in [0, 0.1) is 0 Å². The van der Waals surface area contributed by atoms with E-state index in [1.165, 1.54) is 17.2 Å². The average Bonchev–Trinajstić information content (AvgIpc) is 3.15. The van der Waals surface area contributed by atoms with Crippen LogP contribution in [0.5, 0.6) is 0 Å². The number of hydrogen-bond donors (Lipinski definition) is 5. The summed E-state index contributed by atoms with van der Waals surface area (Å²) in [6.07, 6.45) is -0.515. The molecule has 1 unspecified atom stereocenters. The number of nitrogen functional groups attached to an aromatic ring is 1. The first-order valence-electron chi connectivity index (χ1n) is 7.91. The molecule has 0 amide bonds. The van der Waals surface area contributed by atoms with Gasteiger partial charge in [-0.3, -0.25) is 0 Å². The van der Waals surface area contributed by atoms with Crippen LogP contribution in [0.1, 0.15) is 12.6 Å². The molecule has 0 bridgehead atoms. The summed E-state index contributed by atoms with van der Waals surface area (Å²) in [5.74, 6) is -0.807. The van der Waals surface area contributed by atoms with Crippen molar-refractivity contribution >= 4 is 37.9 Å². The molecule has 0 radical (unpaired) electrons. The molecule has 2 aromatic heterocycles. The van der Waals surface area contributed by atoms with Gasteiger partial charge in [-0.15, -0.1) is 0 Å². The van der Waals surface area contributed by atoms with E-state index in [2.05, 4.69) is 15.0 Å². The Morgan fingerprint density at radius 2 is 2.12 bits per heavy atom. The van der Waals surface area contributed by atoms with Gasteiger partial charge >= 0.3 is 154 Å². The number of nitrogens with two attached hydrogens (primary N) is 2. The van der Waals surface area contributed by atoms with Crippen molar-refractivity contribution in [1.29, 1.82) is 0 Å². The number of aliphatic carboxylic acids is 1. The molecule has 0 saturated carbocycles. The van der Waals surface area contributed by atoms with E-state index in [1.807, 2.05) is 0 Å². The van der Waals surface area contributed by atoms with Gasteiger partial charge < -0.3 is 0 Å². The van der Waals surface area contributed by atoms with Crippen LogP contribution in [0.15, 0.2) is 12.7 Å². The number of aliphatic hydroxyl groups excluding tert-OH is 2. The Kier molecular flexibility index (Phi) is 5.70. The summed E-state index contributed by atoms with van der Waals surface area (Å²) in [4.78, 5) is 22.8. The molecule has 3 heterocycles. The Morgan fingerprint density at radius 3 is 2.85 bits per heavy atom. The zero-order valence-corrected chi connectivity index (χ0v) is 15.4. The van der Waals surface area contributed by atoms with E-state index >= 15 is 0 Å². The van der Waals surface area contributed by atoms with Gasteiger partial charge in [-0.05, 0) is 0 Å². The molecule has 7 N–H and O–H groups in total. The predicted octanol–water partition coefficient (Wildman–Crippen LogP) is -1.63. The van der Waals surface area contributed by atoms with Gasteiger partial charge in [0.2, 0.25) is 0 Å². The summed E-state index contributed by atoms with van der Waals surface area (Å²) >= 11 is 0.0247. The number of rotatable bonds is 7. The van der Waals surface area contributed by atoms with Crippen LogP contribution in [0.25, 0.3) is 11.2 Å². The molecule has 0 aromatic carbocycles. The van der Waals surface area contributed by atoms with Crippen molar-refractivity contribution < 1.29 is 24.9 Å². The molecule has 142 valence electrons. The summed E-state index contributed by atoms with van der Waals surface area (Å²) in [6, 6.07) is -0.882. The first-order chi connectivity index (χ1) is 12.4. The number of carboxylic acid groups (broad SMARTS) is 1. The van der Waals surface area contributed by atoms with Crippen molar-refractivity contribution in [2.24, 2.45) is 5.73 Å². The Balaban J connectivity index is 1.64. The molecule has 3 rings (SSSR count). The van der Waals surface area contributed by atoms with Crippen LogP contribution in [0.4, 0.5) is 5.82 Å². The van der Waals surface area contributed by atoms with Crippen molar-refractivity contribution in [2.45, 2.75) is 47.6 Å². The van der Waals surface area contributed by atoms with Crippen LogP contribution in [0.3, 0.4) is 0 Å². The van der Waals surface area contributed by atoms with E-state index in [4.69, 9.17) is 21.3 Å². The number of hydrogen-bond acceptors (Lipinski definition) is 9. The number of aromatic nitrogens is 4. The van der Waals surface area contributed by atoms with Gasteiger partial charge in [0.05, 0.1) is 0 Å². The maximum absolute atomic E-state index is 10.7. The number of ether oxygens (including phenoxy) is 1. The molecular weight excluding hydrogens is 411 g/mol. The number of carboxylic acids is 1. The standard InChI is InChI=1S/C14H20N6O5Se/c15-6(14(23)24)1-2-26-3-7-9(21)10(22)13(25-7)20-5-19-8-11(16)17-4-18-12(8)20/h4-7,9-10,13,21-22H,1-3,15H2,(H,23,24)(H2,16,17,18)/t6-,7-,9?,10+,13-/m1/s1. The van der Waals surface area contributed by atoms with E-state index in [0.717, 1.165) is 0 Å². The fourth-order valence-electron chi connectivity index (χ4n) is 2.69. The summed E-state index contributed by atoms with van der Waals surface area (Å²) in [5, 5.41) is 30.6. The molecule has 1 aliphatic heterocycles. The molecule has 12 heteroatoms. The molecule has 0 aliphatic carbocycles. The van der Waals surface area contributed by atoms with Gasteiger partial charge in [0, 0.05) is 0 Å². The Hall–Kier alpha value is -1.82. The second-order valence-electron chi connectivity index (χ2n) is 5.94. The first-order valence-corrected chi connectivity index (χ1v) is 10.3. The zero-order chi connectivity index (χ0) is 18.8. The minimum absolute atomic E-state index is 0.0247. The third-order valence-corrected chi connectivity index (χ3v) is 6.45. The van der Waals surface area contributed by atoms with E-state index in [-0.39, 0.29) is 20.8 Å². The second-order valence-corrected chi connectivity index (χ2v) is 8.35. The Bertz CT molecular complexity index is 788. The molecule has 11 nitrogen and oxygen atoms in total. The third-order valence-electron chi connectivity index (χ3n) is 4.17. The number of anilines is 1. The van der Waals surface area contributed by atoms with Gasteiger partial charge in [0.15, 0.2) is 0 Å². The van der Waals surface area contributed by atoms with Gasteiger partial charge in [0.1, 0.15) is 0 Å². The topological polar surface area (TPSA) is 183 Å². The minimum atomic E-state index is -1.15. The molecule has 2 aromatic rings. The fraction of sp³-hybridized carbons (Fsp3) is 0.571. The number of imidazole rings is 1. The normalized spacial score (nSPS) is 27.0. The van der Waals surface area contributed by atoms with E-state index in [0.29, 0.717) is 28.2 Å². The van der Waals surface area contributed by atoms with E-state index in [9.17, 15) is 15.0 Å². The summed E-state index contributed by atoms with van der Waals surface area (Å²) < 4.78 is 7.35. The maximum atomic E-state index is 10.7. The van der Waals surface area contributed by atoms with Gasteiger partial charge in [0.25, 0.3) is 0 Å². The number of nitrogens with zero attached hydrogens (tertiary/aromatic N) is 4. The second kappa shape index (κ2) is 7.82. The van der Waals surface area contributed by atoms with Crippen LogP contribution in [-0.2, 0) is 9.53 Å². The van der Waals surface area contributed by atoms with Gasteiger partial charge in [-0.25, -0.2) is 0 Å². The first kappa shape index (κ1) is 19.0. The summed E-state index contributed by atoms with van der Waals surface area (Å²) in [7, 11) is 0. The number of aliphatic hydroxyl groups is 2. The zero-order valence-electron chi connectivity index (χ0n) is 13.7. The third kappa shape index (κ3) is 3.65. The van der Waals surface area contributed by atoms with Crippen LogP contribution in [-0.4, -0.2) is 80.1 Å². The Morgan fingerprint density at radius 1 is 1.35 bits per heavy atom. The number of carbonyl (C=O) groups is 1. The quantitative estimate of drug-likeness (QED) is 0.252. The Labute approximate surface area is 154 Å². The molecule has 1 aliphatic rings. The van der Waals surface area contributed by atoms with Crippen molar-refractivity contribution in [1.82, 2.24) is 19.5 Å². The van der Waals surface area contributed by atoms with Crippen molar-refractivity contribution in [3.8, 4) is 0 Å². The SMILES string of the molecule is Nc1ncnc2c1ncn2[C@@H]1O[C@H](C[Se]CC[C@@H](N)C(=O)O)C(O)[C@@H]1O. The molecule has 1 fully saturated rings. The van der Waals surface area contributed by atoms with Crippen molar-refractivity contribution in [3.63, 3.8) is 0 Å². The number of fused-ring (bicyclic) bond motifs is 1. The monoisotopic (exact) mass is 432 g/mol. The van der Waals surface area contributed by atoms with Crippen molar-refractivity contribution in [3.05, 3.63) is 12.7 Å². The van der Waals surface area contributed by atoms with Gasteiger partial charge in [-0.2, -0.15) is 0 Å². The van der Waals surface area contributed by atoms with E-state index < -0.39 is 36.6 Å². The molecule has 26 heavy (non-hydrogen) atoms. The molecular formula is C14H20N6O5Se. The van der Waals surface area contributed by atoms with E-state index in [1.54, 1.807) is 0 Å². The molecule has 5 atom stereocenters. The molecule has 0 spiro atoms. The average molecular weight is 431 g/mol. The van der Waals surface area contributed by atoms with Crippen molar-refractivity contribution in [2.75, 3.05) is 5.73 Å². The van der Waals surface area contributed by atoms with Crippen LogP contribution >= 0.6 is 0 Å². The fourth-order valence-corrected chi connectivity index (χ4v) is 4.98.